The molecule has 0 bridgehead atoms. The van der Waals surface area contributed by atoms with E-state index in [0.717, 1.165) is 22.9 Å². The lowest BCUT2D eigenvalue weighted by Crippen LogP contribution is -2.11. The second-order valence-corrected chi connectivity index (χ2v) is 6.72. The van der Waals surface area contributed by atoms with Crippen LogP contribution in [0.5, 0.6) is 0 Å². The van der Waals surface area contributed by atoms with E-state index in [-0.39, 0.29) is 16.7 Å². The van der Waals surface area contributed by atoms with E-state index < -0.39 is 0 Å². The van der Waals surface area contributed by atoms with E-state index in [2.05, 4.69) is 27.4 Å². The van der Waals surface area contributed by atoms with Gasteiger partial charge in [0.25, 0.3) is 5.69 Å². The monoisotopic (exact) mass is 378 g/mol. The van der Waals surface area contributed by atoms with Crippen LogP contribution < -0.4 is 0 Å². The Kier molecular flexibility index (Phi) is 6.84. The lowest BCUT2D eigenvalue weighted by Gasteiger charge is -2.20. The highest BCUT2D eigenvalue weighted by atomic mass is 79.9. The van der Waals surface area contributed by atoms with Crippen molar-refractivity contribution in [3.8, 4) is 0 Å². The Morgan fingerprint density at radius 3 is 2.52 bits per heavy atom. The van der Waals surface area contributed by atoms with Crippen LogP contribution in [0.1, 0.15) is 57.1 Å². The molecule has 1 heterocycles. The molecule has 0 fully saturated rings. The zero-order chi connectivity index (χ0) is 16.7. The molecule has 0 saturated heterocycles. The summed E-state index contributed by atoms with van der Waals surface area (Å²) < 4.78 is 2.82. The fraction of sp³-hybridized carbons (Fsp3) is 0.444. The van der Waals surface area contributed by atoms with Gasteiger partial charge >= 0.3 is 0 Å². The summed E-state index contributed by atoms with van der Waals surface area (Å²) in [6, 6.07) is 9.31. The Morgan fingerprint density at radius 1 is 1.17 bits per heavy atom. The van der Waals surface area contributed by atoms with Crippen LogP contribution in [0.25, 0.3) is 0 Å². The Morgan fingerprint density at radius 2 is 1.87 bits per heavy atom. The second-order valence-electron chi connectivity index (χ2n) is 5.81. The largest absolute Gasteiger partial charge is 0.347 e. The van der Waals surface area contributed by atoms with Gasteiger partial charge in [-0.15, -0.1) is 0 Å². The molecule has 0 radical (unpaired) electrons. The molecule has 0 amide bonds. The van der Waals surface area contributed by atoms with Crippen LogP contribution in [0.4, 0.5) is 5.69 Å². The van der Waals surface area contributed by atoms with E-state index in [0.29, 0.717) is 0 Å². The number of aromatic nitrogens is 1. The molecular formula is C18H23BrN2O2. The fourth-order valence-electron chi connectivity index (χ4n) is 2.92. The van der Waals surface area contributed by atoms with Crippen molar-refractivity contribution in [2.45, 2.75) is 51.5 Å². The number of benzene rings is 1. The number of nitrogens with zero attached hydrogens (tertiary/aromatic N) is 2. The van der Waals surface area contributed by atoms with Gasteiger partial charge < -0.3 is 4.57 Å². The smallest absolute Gasteiger partial charge is 0.275 e. The van der Waals surface area contributed by atoms with Crippen LogP contribution in [-0.4, -0.2) is 9.49 Å². The van der Waals surface area contributed by atoms with Gasteiger partial charge in [-0.2, -0.15) is 0 Å². The minimum absolute atomic E-state index is 0.0140. The lowest BCUT2D eigenvalue weighted by molar-refractivity contribution is -0.385. The topological polar surface area (TPSA) is 48.1 Å². The highest BCUT2D eigenvalue weighted by molar-refractivity contribution is 9.10. The predicted octanol–water partition coefficient (Wildman–Crippen LogP) is 6.11. The summed E-state index contributed by atoms with van der Waals surface area (Å²) in [7, 11) is 0. The quantitative estimate of drug-likeness (QED) is 0.300. The van der Waals surface area contributed by atoms with Gasteiger partial charge in [0.15, 0.2) is 0 Å². The second kappa shape index (κ2) is 8.87. The summed E-state index contributed by atoms with van der Waals surface area (Å²) in [6.45, 7) is 2.20. The number of nitro benzene ring substituents is 1. The van der Waals surface area contributed by atoms with E-state index in [4.69, 9.17) is 0 Å². The van der Waals surface area contributed by atoms with Crippen molar-refractivity contribution in [3.63, 3.8) is 0 Å². The molecule has 0 saturated carbocycles. The van der Waals surface area contributed by atoms with Gasteiger partial charge in [-0.1, -0.05) is 55.0 Å². The molecular weight excluding hydrogens is 356 g/mol. The molecule has 0 aliphatic rings. The highest BCUT2D eigenvalue weighted by Crippen LogP contribution is 2.34. The molecule has 2 rings (SSSR count). The molecule has 0 aliphatic heterocycles. The average molecular weight is 379 g/mol. The molecule has 5 heteroatoms. The molecule has 0 spiro atoms. The third-order valence-electron chi connectivity index (χ3n) is 4.12. The zero-order valence-corrected chi connectivity index (χ0v) is 15.0. The first-order valence-electron chi connectivity index (χ1n) is 8.19. The minimum atomic E-state index is -0.284. The zero-order valence-electron chi connectivity index (χ0n) is 13.5. The number of halogens is 1. The first-order chi connectivity index (χ1) is 11.1. The summed E-state index contributed by atoms with van der Waals surface area (Å²) >= 11 is 3.33. The summed E-state index contributed by atoms with van der Waals surface area (Å²) in [4.78, 5) is 11.2. The number of unbranched alkanes of at least 4 members (excludes halogenated alkanes) is 4. The maximum Gasteiger partial charge on any atom is 0.275 e. The Bertz CT molecular complexity index is 626. The predicted molar refractivity (Wildman–Crippen MR) is 96.7 cm³/mol. The molecule has 1 aromatic heterocycles. The van der Waals surface area contributed by atoms with Crippen LogP contribution in [0, 0.1) is 10.1 Å². The third-order valence-corrected chi connectivity index (χ3v) is 4.61. The van der Waals surface area contributed by atoms with Crippen LogP contribution in [0.15, 0.2) is 47.2 Å². The first kappa shape index (κ1) is 17.7. The van der Waals surface area contributed by atoms with Crippen LogP contribution in [0.3, 0.4) is 0 Å². The molecule has 0 N–H and O–H groups in total. The van der Waals surface area contributed by atoms with Crippen LogP contribution >= 0.6 is 15.9 Å². The van der Waals surface area contributed by atoms with Crippen molar-refractivity contribution in [3.05, 3.63) is 62.9 Å². The van der Waals surface area contributed by atoms with E-state index in [9.17, 15) is 10.1 Å². The maximum atomic E-state index is 11.4. The molecule has 1 unspecified atom stereocenters. The summed E-state index contributed by atoms with van der Waals surface area (Å²) in [5, 5.41) is 11.4. The van der Waals surface area contributed by atoms with Crippen molar-refractivity contribution in [2.24, 2.45) is 0 Å². The average Bonchev–Trinajstić information content (AvgIpc) is 3.05. The summed E-state index contributed by atoms with van der Waals surface area (Å²) in [6.07, 6.45) is 10.9. The third kappa shape index (κ3) is 4.93. The summed E-state index contributed by atoms with van der Waals surface area (Å²) in [5.74, 6) is 0. The van der Waals surface area contributed by atoms with Crippen LogP contribution in [-0.2, 0) is 0 Å². The first-order valence-corrected chi connectivity index (χ1v) is 8.99. The molecule has 0 aliphatic carbocycles. The molecule has 124 valence electrons. The van der Waals surface area contributed by atoms with E-state index in [1.54, 1.807) is 6.07 Å². The molecule has 2 aromatic rings. The van der Waals surface area contributed by atoms with Gasteiger partial charge in [0, 0.05) is 22.9 Å². The Labute approximate surface area is 145 Å². The SMILES string of the molecule is CCCCCCCC(c1ccc(Br)cc1[N+](=O)[O-])n1cccc1. The molecule has 1 aromatic carbocycles. The van der Waals surface area contributed by atoms with Gasteiger partial charge in [-0.25, -0.2) is 0 Å². The van der Waals surface area contributed by atoms with Gasteiger partial charge in [-0.05, 0) is 30.7 Å². The molecule has 4 nitrogen and oxygen atoms in total. The number of hydrogen-bond acceptors (Lipinski definition) is 2. The number of nitro groups is 1. The van der Waals surface area contributed by atoms with E-state index in [1.165, 1.54) is 25.7 Å². The van der Waals surface area contributed by atoms with Gasteiger partial charge in [0.05, 0.1) is 16.5 Å². The lowest BCUT2D eigenvalue weighted by atomic mass is 9.98. The molecule has 23 heavy (non-hydrogen) atoms. The minimum Gasteiger partial charge on any atom is -0.347 e. The van der Waals surface area contributed by atoms with Crippen molar-refractivity contribution in [1.82, 2.24) is 4.57 Å². The van der Waals surface area contributed by atoms with E-state index >= 15 is 0 Å². The highest BCUT2D eigenvalue weighted by Gasteiger charge is 2.23. The van der Waals surface area contributed by atoms with E-state index in [1.807, 2.05) is 36.7 Å². The maximum absolute atomic E-state index is 11.4. The van der Waals surface area contributed by atoms with Crippen molar-refractivity contribution >= 4 is 21.6 Å². The number of rotatable bonds is 9. The van der Waals surface area contributed by atoms with Crippen molar-refractivity contribution in [1.29, 1.82) is 0 Å². The normalized spacial score (nSPS) is 12.3. The Balaban J connectivity index is 2.22. The van der Waals surface area contributed by atoms with Crippen molar-refractivity contribution in [2.75, 3.05) is 0 Å². The van der Waals surface area contributed by atoms with Crippen LogP contribution in [0.2, 0.25) is 0 Å². The number of hydrogen-bond donors (Lipinski definition) is 0. The molecule has 1 atom stereocenters. The van der Waals surface area contributed by atoms with Crippen molar-refractivity contribution < 1.29 is 4.92 Å². The summed E-state index contributed by atoms with van der Waals surface area (Å²) in [5.41, 5.74) is 0.969. The Hall–Kier alpha value is -1.62. The van der Waals surface area contributed by atoms with Gasteiger partial charge in [0.1, 0.15) is 0 Å². The fourth-order valence-corrected chi connectivity index (χ4v) is 3.27. The van der Waals surface area contributed by atoms with Gasteiger partial charge in [-0.3, -0.25) is 10.1 Å². The standard InChI is InChI=1S/C18H23BrN2O2/c1-2-3-4-5-6-9-17(20-12-7-8-13-20)16-11-10-15(19)14-18(16)21(22)23/h7-8,10-14,17H,2-6,9H2,1H3. The van der Waals surface area contributed by atoms with Gasteiger partial charge in [0.2, 0.25) is 0 Å².